The van der Waals surface area contributed by atoms with Crippen molar-refractivity contribution in [2.45, 2.75) is 339 Å². The largest absolute Gasteiger partial charge is 0.459 e. The van der Waals surface area contributed by atoms with Crippen molar-refractivity contribution in [3.63, 3.8) is 0 Å². The molecule has 1 saturated carbocycles. The Morgan fingerprint density at radius 3 is 1.14 bits per heavy atom. The predicted molar refractivity (Wildman–Crippen MR) is 625 cm³/mol. The Balaban J connectivity index is 0.000000139. The van der Waals surface area contributed by atoms with Crippen LogP contribution in [0.2, 0.25) is 15.3 Å². The Bertz CT molecular complexity index is 7060. The molecule has 6 unspecified atom stereocenters. The van der Waals surface area contributed by atoms with Crippen LogP contribution in [0.25, 0.3) is 61.2 Å². The maximum atomic E-state index is 14.2. The van der Waals surface area contributed by atoms with E-state index in [1.54, 1.807) is 35.9 Å². The molecule has 2 aliphatic carbocycles. The standard InChI is InChI=1S/C45H51NO3S2.C44H51GeNO3S2.C38H45GeNO3S2/c2*1-8-11-13-14-16-32-18-20-33(21-19-32)45(26-31(10-3)15-12-9-2)35-24-29(6)50-41(35)42-36(45)25-37(51-42)40-39-38(30(7)49-40)43(47)46(44(39)48)34-22-17-27(4)28(5)23-34;1-7-9-13-26(8-2)21-39(27-14-11-10-12-15-27)29-19-24(5)44-35(29)36-30(39)20-31(45-36)34-33-32(25(6)43-34)37(41)40(38(33)42)28-17-16-22(3)23(4)18-28/h2*17-25,31H,8-16,26H2,1-7H3;16-20,26-27H,7-15,21H2,1-6H3. The van der Waals surface area contributed by atoms with Gasteiger partial charge in [-0.2, -0.15) is 0 Å². The number of amides is 6. The molecule has 21 rings (SSSR count). The molecule has 7 aliphatic rings. The first-order valence-electron chi connectivity index (χ1n) is 55.2. The molecular formula is C127H147Ge2N3O9S6. The number of carbonyl (C=O) groups excluding carboxylic acids is 6. The van der Waals surface area contributed by atoms with Crippen molar-refractivity contribution in [3.05, 3.63) is 266 Å². The second-order valence-corrected chi connectivity index (χ2v) is 67.7. The molecule has 14 heterocycles. The van der Waals surface area contributed by atoms with Crippen molar-refractivity contribution in [2.24, 2.45) is 17.8 Å². The van der Waals surface area contributed by atoms with Crippen LogP contribution >= 0.6 is 68.0 Å². The molecule has 0 spiro atoms. The summed E-state index contributed by atoms with van der Waals surface area (Å²) >= 11 is 5.03. The van der Waals surface area contributed by atoms with Gasteiger partial charge in [-0.15, -0.1) is 22.7 Å². The topological polar surface area (TPSA) is 152 Å². The van der Waals surface area contributed by atoms with Crippen molar-refractivity contribution in [2.75, 3.05) is 14.7 Å². The average molecular weight is 2200 g/mol. The van der Waals surface area contributed by atoms with E-state index in [2.05, 4.69) is 161 Å². The number of hydrogen-bond donors (Lipinski definition) is 0. The van der Waals surface area contributed by atoms with Crippen LogP contribution in [-0.2, 0) is 18.3 Å². The van der Waals surface area contributed by atoms with Crippen LogP contribution in [0.4, 0.5) is 17.1 Å². The molecule has 14 aromatic rings. The van der Waals surface area contributed by atoms with Gasteiger partial charge in [-0.3, -0.25) is 9.59 Å². The van der Waals surface area contributed by atoms with E-state index < -0.39 is 26.5 Å². The first kappa shape index (κ1) is 106. The number of furan rings is 3. The minimum absolute atomic E-state index is 0.267. The molecule has 6 atom stereocenters. The van der Waals surface area contributed by atoms with Crippen LogP contribution in [0, 0.1) is 101 Å². The Kier molecular flexibility index (Phi) is 31.9. The minimum Gasteiger partial charge on any atom is -0.459 e. The van der Waals surface area contributed by atoms with E-state index in [1.165, 1.54) is 260 Å². The van der Waals surface area contributed by atoms with Gasteiger partial charge in [0.15, 0.2) is 5.76 Å². The smallest absolute Gasteiger partial charge is 0.270 e. The Labute approximate surface area is 901 Å². The number of aryl methyl sites for hydroxylation is 14. The van der Waals surface area contributed by atoms with Crippen LogP contribution in [0.1, 0.15) is 378 Å². The number of thiophene rings is 6. The summed E-state index contributed by atoms with van der Waals surface area (Å²) in [4.78, 5) is 104. The second kappa shape index (κ2) is 44.1. The summed E-state index contributed by atoms with van der Waals surface area (Å²) < 4.78 is 28.1. The molecule has 0 saturated heterocycles. The number of nitrogens with zero attached hydrogens (tertiary/aromatic N) is 3. The number of carbonyl (C=O) groups is 6. The minimum atomic E-state index is -3.21. The van der Waals surface area contributed by atoms with Gasteiger partial charge in [-0.05, 0) is 111 Å². The first-order chi connectivity index (χ1) is 70.9. The number of anilines is 3. The fourth-order valence-electron chi connectivity index (χ4n) is 25.5. The molecule has 20 heteroatoms. The van der Waals surface area contributed by atoms with E-state index in [4.69, 9.17) is 13.3 Å². The van der Waals surface area contributed by atoms with Gasteiger partial charge in [0.25, 0.3) is 11.8 Å². The third kappa shape index (κ3) is 19.0. The molecule has 0 N–H and O–H groups in total. The molecule has 768 valence electrons. The normalized spacial score (nSPS) is 17.9. The van der Waals surface area contributed by atoms with Gasteiger partial charge >= 0.3 is 596 Å². The Morgan fingerprint density at radius 1 is 0.333 bits per heavy atom. The average Bonchev–Trinajstić information content (AvgIpc) is 1.53. The van der Waals surface area contributed by atoms with Crippen molar-refractivity contribution in [1.29, 1.82) is 0 Å². The van der Waals surface area contributed by atoms with E-state index in [1.807, 2.05) is 162 Å². The number of rotatable bonds is 37. The zero-order chi connectivity index (χ0) is 104. The van der Waals surface area contributed by atoms with Crippen molar-refractivity contribution in [1.82, 2.24) is 0 Å². The van der Waals surface area contributed by atoms with Crippen LogP contribution in [0.15, 0.2) is 153 Å². The molecule has 6 amide bonds. The molecule has 12 nitrogen and oxygen atoms in total. The molecule has 9 aromatic heterocycles. The van der Waals surface area contributed by atoms with Crippen LogP contribution < -0.4 is 36.7 Å². The van der Waals surface area contributed by atoms with E-state index in [0.29, 0.717) is 96.8 Å². The number of benzene rings is 5. The number of fused-ring (bicyclic) bond motifs is 12. The summed E-state index contributed by atoms with van der Waals surface area (Å²) in [6, 6.07) is 51.4. The monoisotopic (exact) mass is 2200 g/mol. The van der Waals surface area contributed by atoms with Gasteiger partial charge in [-0.25, -0.2) is 4.90 Å². The van der Waals surface area contributed by atoms with Gasteiger partial charge in [0.1, 0.15) is 11.3 Å². The molecule has 147 heavy (non-hydrogen) atoms. The second-order valence-electron chi connectivity index (χ2n) is 43.7. The van der Waals surface area contributed by atoms with Gasteiger partial charge < -0.3 is 4.42 Å². The summed E-state index contributed by atoms with van der Waals surface area (Å²) in [5.41, 5.74) is 17.5. The zero-order valence-corrected chi connectivity index (χ0v) is 99.4. The summed E-state index contributed by atoms with van der Waals surface area (Å²) in [5, 5.41) is 2.60. The first-order valence-corrected chi connectivity index (χ1v) is 69.5. The maximum absolute atomic E-state index is 14.2. The molecule has 5 aliphatic heterocycles. The zero-order valence-electron chi connectivity index (χ0n) is 90.3. The number of hydrogen-bond acceptors (Lipinski definition) is 15. The Morgan fingerprint density at radius 2 is 0.687 bits per heavy atom. The molecule has 0 radical (unpaired) electrons. The number of unbranched alkanes of at least 4 members (excludes halogenated alkanes) is 9. The summed E-state index contributed by atoms with van der Waals surface area (Å²) in [5.74, 6) is 3.46. The summed E-state index contributed by atoms with van der Waals surface area (Å²) in [6.45, 7) is 43.0. The van der Waals surface area contributed by atoms with Crippen molar-refractivity contribution in [3.8, 4) is 61.2 Å². The van der Waals surface area contributed by atoms with Gasteiger partial charge in [0.2, 0.25) is 0 Å². The Hall–Kier alpha value is -9.35. The SMILES string of the molecule is CCCCC(CC)[CH2][Ge]1([CH]2CCCCC2)[c]2cc(C)sc2-c2sc(-c3oc(C)c4c3C(=O)N(c3ccc(C)c(C)c3)C4=O)c[c]21.CCCCCCc1cc[c]([Ge]2([CH2]C(CC)CCCC)[c]3cc(C)sc3-c3sc(-c4oc(C)c5c4C(=O)N(c4ccc(C)c(C)c4)C5=O)c[c]32)cc1.CCCCCCc1ccc(C2(CC(CC)CCCC)c3cc(C)sc3-c3sc(-c4oc(C)c5c4C(=O)N(c4ccc(C)c(C)c4)C5=O)cc32)cc1. The van der Waals surface area contributed by atoms with Gasteiger partial charge in [0, 0.05) is 20.0 Å². The quantitative estimate of drug-likeness (QED) is 0.0210. The van der Waals surface area contributed by atoms with Crippen LogP contribution in [0.3, 0.4) is 0 Å². The summed E-state index contributed by atoms with van der Waals surface area (Å²) in [7, 11) is 0. The van der Waals surface area contributed by atoms with Crippen LogP contribution in [0.5, 0.6) is 0 Å². The van der Waals surface area contributed by atoms with Crippen LogP contribution in [-0.4, -0.2) is 62.0 Å². The maximum Gasteiger partial charge on any atom is 0.270 e. The van der Waals surface area contributed by atoms with Gasteiger partial charge in [0.05, 0.1) is 16.1 Å². The molecule has 1 fully saturated rings. The molecule has 5 aromatic carbocycles. The van der Waals surface area contributed by atoms with Crippen molar-refractivity contribution >= 4 is 169 Å². The van der Waals surface area contributed by atoms with Gasteiger partial charge in [-0.1, -0.05) is 96.0 Å². The van der Waals surface area contributed by atoms with E-state index in [9.17, 15) is 28.8 Å². The van der Waals surface area contributed by atoms with Crippen molar-refractivity contribution < 1.29 is 42.0 Å². The third-order valence-electron chi connectivity index (χ3n) is 34.1. The third-order valence-corrected chi connectivity index (χ3v) is 65.8. The fourth-order valence-corrected chi connectivity index (χ4v) is 64.5. The molecular weight excluding hydrogens is 2050 g/mol. The van der Waals surface area contributed by atoms with E-state index in [0.717, 1.165) is 84.4 Å². The van der Waals surface area contributed by atoms with E-state index in [-0.39, 0.29) is 40.9 Å². The predicted octanol–water partition coefficient (Wildman–Crippen LogP) is 34.2. The number of imide groups is 3. The fraction of sp³-hybridized carbons (Fsp3) is 0.433. The molecule has 0 bridgehead atoms. The summed E-state index contributed by atoms with van der Waals surface area (Å²) in [6.07, 6.45) is 35.1. The van der Waals surface area contributed by atoms with E-state index >= 15 is 0 Å².